The van der Waals surface area contributed by atoms with Gasteiger partial charge in [0.15, 0.2) is 15.7 Å². The molecule has 1 aromatic heterocycles. The molecule has 0 radical (unpaired) electrons. The molecule has 182 valence electrons. The molecule has 2 fully saturated rings. The van der Waals surface area contributed by atoms with Gasteiger partial charge in [0, 0.05) is 55.6 Å². The van der Waals surface area contributed by atoms with Crippen LogP contribution in [0.25, 0.3) is 0 Å². The summed E-state index contributed by atoms with van der Waals surface area (Å²) in [5.41, 5.74) is 0.691. The van der Waals surface area contributed by atoms with Crippen LogP contribution in [0.4, 0.5) is 11.5 Å². The Morgan fingerprint density at radius 2 is 1.88 bits per heavy atom. The molecule has 1 aliphatic carbocycles. The number of nitrogens with one attached hydrogen (secondary N) is 1. The second kappa shape index (κ2) is 9.92. The van der Waals surface area contributed by atoms with E-state index in [9.17, 15) is 18.0 Å². The van der Waals surface area contributed by atoms with Gasteiger partial charge in [-0.2, -0.15) is 0 Å². The minimum Gasteiger partial charge on any atom is -0.355 e. The number of amides is 2. The van der Waals surface area contributed by atoms with Gasteiger partial charge in [0.05, 0.1) is 10.6 Å². The molecule has 2 heterocycles. The predicted molar refractivity (Wildman–Crippen MR) is 132 cm³/mol. The Balaban J connectivity index is 1.49. The number of hydrogen-bond donors (Lipinski definition) is 1. The molecule has 2 aliphatic rings. The van der Waals surface area contributed by atoms with Crippen LogP contribution in [0.2, 0.25) is 5.02 Å². The molecule has 0 bridgehead atoms. The maximum absolute atomic E-state index is 12.9. The van der Waals surface area contributed by atoms with Crippen molar-refractivity contribution in [2.75, 3.05) is 36.6 Å². The molecular formula is C24H29ClN4O4S. The second-order valence-electron chi connectivity index (χ2n) is 9.15. The van der Waals surface area contributed by atoms with Gasteiger partial charge >= 0.3 is 0 Å². The first-order valence-corrected chi connectivity index (χ1v) is 13.7. The molecule has 1 aliphatic heterocycles. The average Bonchev–Trinajstić information content (AvgIpc) is 3.64. The molecule has 1 aromatic carbocycles. The summed E-state index contributed by atoms with van der Waals surface area (Å²) in [6, 6.07) is 8.39. The van der Waals surface area contributed by atoms with Crippen molar-refractivity contribution in [2.24, 2.45) is 5.92 Å². The molecule has 8 nitrogen and oxygen atoms in total. The molecule has 10 heteroatoms. The van der Waals surface area contributed by atoms with Gasteiger partial charge in [-0.25, -0.2) is 13.4 Å². The van der Waals surface area contributed by atoms with E-state index in [1.165, 1.54) is 12.3 Å². The highest BCUT2D eigenvalue weighted by molar-refractivity contribution is 7.90. The quantitative estimate of drug-likeness (QED) is 0.618. The van der Waals surface area contributed by atoms with E-state index in [4.69, 9.17) is 11.6 Å². The van der Waals surface area contributed by atoms with E-state index in [0.717, 1.165) is 31.9 Å². The second-order valence-corrected chi connectivity index (χ2v) is 11.6. The van der Waals surface area contributed by atoms with E-state index in [1.807, 2.05) is 16.8 Å². The smallest absolute Gasteiger partial charge is 0.255 e. The summed E-state index contributed by atoms with van der Waals surface area (Å²) in [6.45, 7) is 1.33. The number of anilines is 2. The molecule has 2 amide bonds. The maximum atomic E-state index is 12.9. The summed E-state index contributed by atoms with van der Waals surface area (Å²) in [5.74, 6) is 0.609. The van der Waals surface area contributed by atoms with Crippen molar-refractivity contribution in [1.82, 2.24) is 9.88 Å². The van der Waals surface area contributed by atoms with Crippen LogP contribution in [-0.4, -0.2) is 62.6 Å². The van der Waals surface area contributed by atoms with E-state index in [2.05, 4.69) is 10.3 Å². The summed E-state index contributed by atoms with van der Waals surface area (Å²) in [5, 5.41) is 3.25. The summed E-state index contributed by atoms with van der Waals surface area (Å²) in [6.07, 6.45) is 6.80. The third-order valence-corrected chi connectivity index (χ3v) is 7.78. The van der Waals surface area contributed by atoms with Crippen LogP contribution in [0.1, 0.15) is 42.5 Å². The Morgan fingerprint density at radius 3 is 2.50 bits per heavy atom. The normalized spacial score (nSPS) is 16.9. The molecule has 1 saturated heterocycles. The number of piperidine rings is 1. The van der Waals surface area contributed by atoms with Gasteiger partial charge in [0.1, 0.15) is 0 Å². The van der Waals surface area contributed by atoms with Crippen molar-refractivity contribution in [2.45, 2.75) is 43.0 Å². The number of aromatic nitrogens is 1. The molecule has 0 unspecified atom stereocenters. The number of hydrogen-bond acceptors (Lipinski definition) is 6. The van der Waals surface area contributed by atoms with Crippen molar-refractivity contribution >= 4 is 44.8 Å². The molecule has 4 rings (SSSR count). The number of carbonyl (C=O) groups excluding carboxylic acids is 2. The van der Waals surface area contributed by atoms with Crippen LogP contribution in [0.3, 0.4) is 0 Å². The van der Waals surface area contributed by atoms with Gasteiger partial charge in [-0.1, -0.05) is 17.7 Å². The molecule has 0 atom stereocenters. The van der Waals surface area contributed by atoms with Gasteiger partial charge in [-0.05, 0) is 55.9 Å². The lowest BCUT2D eigenvalue weighted by Gasteiger charge is -2.34. The third-order valence-electron chi connectivity index (χ3n) is 6.47. The highest BCUT2D eigenvalue weighted by atomic mass is 35.5. The first-order chi connectivity index (χ1) is 16.1. The highest BCUT2D eigenvalue weighted by Gasteiger charge is 2.32. The van der Waals surface area contributed by atoms with Crippen LogP contribution < -0.4 is 10.2 Å². The van der Waals surface area contributed by atoms with Crippen molar-refractivity contribution in [3.63, 3.8) is 0 Å². The predicted octanol–water partition coefficient (Wildman–Crippen LogP) is 3.62. The minimum absolute atomic E-state index is 0.0289. The fraction of sp³-hybridized carbons (Fsp3) is 0.458. The zero-order valence-electron chi connectivity index (χ0n) is 19.3. The third kappa shape index (κ3) is 5.88. The van der Waals surface area contributed by atoms with Gasteiger partial charge in [0.2, 0.25) is 5.91 Å². The van der Waals surface area contributed by atoms with Gasteiger partial charge in [0.25, 0.3) is 5.91 Å². The molecule has 0 spiro atoms. The lowest BCUT2D eigenvalue weighted by atomic mass is 9.93. The Morgan fingerprint density at radius 1 is 1.18 bits per heavy atom. The fourth-order valence-electron chi connectivity index (χ4n) is 4.21. The van der Waals surface area contributed by atoms with Crippen molar-refractivity contribution in [3.8, 4) is 0 Å². The maximum Gasteiger partial charge on any atom is 0.255 e. The SMILES string of the molecule is CN(C(=O)CC1CCN(c2ncc(S(C)(=O)=O)cc2NC(=O)c2cccc(Cl)c2)CC1)C1CC1. The topological polar surface area (TPSA) is 99.7 Å². The molecule has 2 aromatic rings. The minimum atomic E-state index is -3.51. The van der Waals surface area contributed by atoms with E-state index in [0.29, 0.717) is 53.6 Å². The van der Waals surface area contributed by atoms with Crippen LogP contribution >= 0.6 is 11.6 Å². The Hall–Kier alpha value is -2.65. The zero-order valence-corrected chi connectivity index (χ0v) is 20.9. The van der Waals surface area contributed by atoms with Gasteiger partial charge in [-0.15, -0.1) is 0 Å². The Bertz CT molecular complexity index is 1190. The zero-order chi connectivity index (χ0) is 24.5. The van der Waals surface area contributed by atoms with E-state index >= 15 is 0 Å². The van der Waals surface area contributed by atoms with E-state index in [1.54, 1.807) is 24.3 Å². The number of sulfone groups is 1. The summed E-state index contributed by atoms with van der Waals surface area (Å²) in [4.78, 5) is 33.7. The Kier molecular flexibility index (Phi) is 7.14. The van der Waals surface area contributed by atoms with Crippen LogP contribution in [0, 0.1) is 5.92 Å². The van der Waals surface area contributed by atoms with Crippen LogP contribution in [0.15, 0.2) is 41.4 Å². The molecule has 34 heavy (non-hydrogen) atoms. The van der Waals surface area contributed by atoms with Crippen LogP contribution in [0.5, 0.6) is 0 Å². The van der Waals surface area contributed by atoms with Crippen molar-refractivity contribution in [3.05, 3.63) is 47.1 Å². The lowest BCUT2D eigenvalue weighted by molar-refractivity contribution is -0.131. The number of pyridine rings is 1. The highest BCUT2D eigenvalue weighted by Crippen LogP contribution is 2.32. The molecule has 1 N–H and O–H groups in total. The number of carbonyl (C=O) groups is 2. The summed E-state index contributed by atoms with van der Waals surface area (Å²) in [7, 11) is -1.62. The van der Waals surface area contributed by atoms with Gasteiger partial charge < -0.3 is 15.1 Å². The monoisotopic (exact) mass is 504 g/mol. The summed E-state index contributed by atoms with van der Waals surface area (Å²) >= 11 is 6.01. The lowest BCUT2D eigenvalue weighted by Crippen LogP contribution is -2.37. The molecule has 1 saturated carbocycles. The fourth-order valence-corrected chi connectivity index (χ4v) is 4.98. The van der Waals surface area contributed by atoms with Crippen molar-refractivity contribution < 1.29 is 18.0 Å². The average molecular weight is 505 g/mol. The standard InChI is InChI=1S/C24H29ClN4O4S/c1-28(19-6-7-19)22(30)12-16-8-10-29(11-9-16)23-21(14-20(15-26-23)34(2,32)33)27-24(31)17-4-3-5-18(25)13-17/h3-5,13-16,19H,6-12H2,1-2H3,(H,27,31). The van der Waals surface area contributed by atoms with Gasteiger partial charge in [-0.3, -0.25) is 9.59 Å². The first kappa shape index (κ1) is 24.5. The van der Waals surface area contributed by atoms with Crippen LogP contribution in [-0.2, 0) is 14.6 Å². The first-order valence-electron chi connectivity index (χ1n) is 11.4. The van der Waals surface area contributed by atoms with E-state index < -0.39 is 15.7 Å². The number of nitrogens with zero attached hydrogens (tertiary/aromatic N) is 3. The van der Waals surface area contributed by atoms with Crippen molar-refractivity contribution in [1.29, 1.82) is 0 Å². The number of halogens is 1. The number of rotatable bonds is 7. The van der Waals surface area contributed by atoms with E-state index in [-0.39, 0.29) is 10.8 Å². The molecular weight excluding hydrogens is 476 g/mol. The largest absolute Gasteiger partial charge is 0.355 e. The Labute approximate surface area is 205 Å². The summed E-state index contributed by atoms with van der Waals surface area (Å²) < 4.78 is 24.2. The number of benzene rings is 1.